The van der Waals surface area contributed by atoms with E-state index in [1.54, 1.807) is 7.11 Å². The van der Waals surface area contributed by atoms with Crippen molar-refractivity contribution in [2.45, 2.75) is 45.3 Å². The van der Waals surface area contributed by atoms with Crippen molar-refractivity contribution in [3.8, 4) is 11.5 Å². The molecule has 0 bridgehead atoms. The SMILES string of the molecule is COc1ccccc1C(CC[NH2+]C(C)c1ccccc1)c1ccc(OC(C)C)cc1. The molecule has 3 heteroatoms. The fourth-order valence-corrected chi connectivity index (χ4v) is 3.91. The van der Waals surface area contributed by atoms with E-state index in [9.17, 15) is 0 Å². The maximum absolute atomic E-state index is 5.83. The first-order valence-electron chi connectivity index (χ1n) is 10.9. The number of nitrogens with two attached hydrogens (primary N) is 1. The molecular formula is C27H34NO2+. The Bertz CT molecular complexity index is 890. The van der Waals surface area contributed by atoms with Crippen LogP contribution in [0.15, 0.2) is 78.9 Å². The Labute approximate surface area is 181 Å². The Morgan fingerprint density at radius 3 is 2.10 bits per heavy atom. The molecule has 0 aliphatic heterocycles. The molecule has 0 fully saturated rings. The minimum Gasteiger partial charge on any atom is -0.496 e. The smallest absolute Gasteiger partial charge is 0.122 e. The second-order valence-electron chi connectivity index (χ2n) is 8.04. The van der Waals surface area contributed by atoms with Gasteiger partial charge in [0.25, 0.3) is 0 Å². The predicted molar refractivity (Wildman–Crippen MR) is 123 cm³/mol. The van der Waals surface area contributed by atoms with E-state index in [0.29, 0.717) is 6.04 Å². The van der Waals surface area contributed by atoms with Crippen LogP contribution in [0.3, 0.4) is 0 Å². The zero-order chi connectivity index (χ0) is 21.3. The van der Waals surface area contributed by atoms with Gasteiger partial charge >= 0.3 is 0 Å². The van der Waals surface area contributed by atoms with Crippen molar-refractivity contribution < 1.29 is 14.8 Å². The summed E-state index contributed by atoms with van der Waals surface area (Å²) in [5.74, 6) is 2.13. The van der Waals surface area contributed by atoms with Gasteiger partial charge in [-0.25, -0.2) is 0 Å². The van der Waals surface area contributed by atoms with E-state index in [-0.39, 0.29) is 12.0 Å². The molecule has 3 nitrogen and oxygen atoms in total. The molecule has 2 unspecified atom stereocenters. The number of quaternary nitrogens is 1. The Morgan fingerprint density at radius 2 is 1.43 bits per heavy atom. The highest BCUT2D eigenvalue weighted by Gasteiger charge is 2.20. The molecule has 2 N–H and O–H groups in total. The lowest BCUT2D eigenvalue weighted by Gasteiger charge is -2.21. The van der Waals surface area contributed by atoms with Gasteiger partial charge in [0.2, 0.25) is 0 Å². The van der Waals surface area contributed by atoms with Crippen molar-refractivity contribution in [1.29, 1.82) is 0 Å². The number of para-hydroxylation sites is 1. The van der Waals surface area contributed by atoms with E-state index < -0.39 is 0 Å². The Hall–Kier alpha value is -2.78. The second-order valence-corrected chi connectivity index (χ2v) is 8.04. The van der Waals surface area contributed by atoms with Crippen LogP contribution in [0.4, 0.5) is 0 Å². The van der Waals surface area contributed by atoms with Crippen molar-refractivity contribution in [1.82, 2.24) is 0 Å². The van der Waals surface area contributed by atoms with Crippen LogP contribution in [0.2, 0.25) is 0 Å². The predicted octanol–water partition coefficient (Wildman–Crippen LogP) is 5.33. The molecule has 0 spiro atoms. The average molecular weight is 405 g/mol. The summed E-state index contributed by atoms with van der Waals surface area (Å²) >= 11 is 0. The van der Waals surface area contributed by atoms with Gasteiger partial charge in [-0.3, -0.25) is 0 Å². The summed E-state index contributed by atoms with van der Waals surface area (Å²) in [4.78, 5) is 0. The Kier molecular flexibility index (Phi) is 7.92. The van der Waals surface area contributed by atoms with Gasteiger partial charge in [0.05, 0.1) is 19.8 Å². The first kappa shape index (κ1) is 21.9. The standard InChI is InChI=1S/C27H33NO2/c1-20(2)30-24-16-14-23(15-17-24)25(26-12-8-9-13-27(26)29-4)18-19-28-21(3)22-10-6-5-7-11-22/h5-17,20-21,25,28H,18-19H2,1-4H3/p+1. The molecule has 3 aromatic rings. The topological polar surface area (TPSA) is 35.1 Å². The van der Waals surface area contributed by atoms with Crippen LogP contribution < -0.4 is 14.8 Å². The molecule has 0 saturated carbocycles. The van der Waals surface area contributed by atoms with Crippen LogP contribution >= 0.6 is 0 Å². The molecule has 0 aliphatic rings. The molecule has 3 rings (SSSR count). The summed E-state index contributed by atoms with van der Waals surface area (Å²) in [6.07, 6.45) is 1.21. The summed E-state index contributed by atoms with van der Waals surface area (Å²) in [7, 11) is 1.75. The van der Waals surface area contributed by atoms with Crippen molar-refractivity contribution in [3.63, 3.8) is 0 Å². The van der Waals surface area contributed by atoms with E-state index in [2.05, 4.69) is 98.9 Å². The highest BCUT2D eigenvalue weighted by molar-refractivity contribution is 5.43. The third-order valence-corrected chi connectivity index (χ3v) is 5.47. The highest BCUT2D eigenvalue weighted by atomic mass is 16.5. The minimum absolute atomic E-state index is 0.176. The van der Waals surface area contributed by atoms with E-state index in [1.165, 1.54) is 16.7 Å². The van der Waals surface area contributed by atoms with Crippen LogP contribution in [-0.2, 0) is 0 Å². The van der Waals surface area contributed by atoms with E-state index in [4.69, 9.17) is 9.47 Å². The Morgan fingerprint density at radius 1 is 0.767 bits per heavy atom. The summed E-state index contributed by atoms with van der Waals surface area (Å²) in [6.45, 7) is 7.40. The molecule has 0 aliphatic carbocycles. The van der Waals surface area contributed by atoms with E-state index in [0.717, 1.165) is 24.5 Å². The van der Waals surface area contributed by atoms with Crippen LogP contribution in [0.1, 0.15) is 55.8 Å². The first-order valence-corrected chi connectivity index (χ1v) is 10.9. The van der Waals surface area contributed by atoms with Gasteiger partial charge in [0.15, 0.2) is 0 Å². The lowest BCUT2D eigenvalue weighted by Crippen LogP contribution is -2.84. The monoisotopic (exact) mass is 404 g/mol. The van der Waals surface area contributed by atoms with Crippen LogP contribution in [0, 0.1) is 0 Å². The van der Waals surface area contributed by atoms with Crippen LogP contribution in [0.5, 0.6) is 11.5 Å². The molecule has 30 heavy (non-hydrogen) atoms. The van der Waals surface area contributed by atoms with Gasteiger partial charge in [0, 0.05) is 23.5 Å². The van der Waals surface area contributed by atoms with Crippen molar-refractivity contribution in [3.05, 3.63) is 95.6 Å². The Balaban J connectivity index is 1.78. The van der Waals surface area contributed by atoms with E-state index >= 15 is 0 Å². The zero-order valence-corrected chi connectivity index (χ0v) is 18.5. The van der Waals surface area contributed by atoms with Crippen LogP contribution in [0.25, 0.3) is 0 Å². The number of methoxy groups -OCH3 is 1. The molecule has 0 heterocycles. The fraction of sp³-hybridized carbons (Fsp3) is 0.333. The third kappa shape index (κ3) is 5.87. The zero-order valence-electron chi connectivity index (χ0n) is 18.5. The van der Waals surface area contributed by atoms with Gasteiger partial charge in [0.1, 0.15) is 17.5 Å². The van der Waals surface area contributed by atoms with Crippen molar-refractivity contribution in [2.24, 2.45) is 0 Å². The molecule has 0 saturated heterocycles. The first-order chi connectivity index (χ1) is 14.6. The molecule has 0 aromatic heterocycles. The lowest BCUT2D eigenvalue weighted by atomic mass is 9.87. The van der Waals surface area contributed by atoms with Gasteiger partial charge in [-0.2, -0.15) is 0 Å². The van der Waals surface area contributed by atoms with Crippen molar-refractivity contribution >= 4 is 0 Å². The summed E-state index contributed by atoms with van der Waals surface area (Å²) < 4.78 is 11.5. The summed E-state index contributed by atoms with van der Waals surface area (Å²) in [5.41, 5.74) is 3.89. The highest BCUT2D eigenvalue weighted by Crippen LogP contribution is 2.34. The van der Waals surface area contributed by atoms with Crippen LogP contribution in [-0.4, -0.2) is 19.8 Å². The maximum Gasteiger partial charge on any atom is 0.122 e. The molecule has 0 radical (unpaired) electrons. The van der Waals surface area contributed by atoms with Gasteiger partial charge in [-0.15, -0.1) is 0 Å². The molecule has 3 aromatic carbocycles. The number of hydrogen-bond donors (Lipinski definition) is 1. The number of hydrogen-bond acceptors (Lipinski definition) is 2. The maximum atomic E-state index is 5.83. The summed E-state index contributed by atoms with van der Waals surface area (Å²) in [6, 6.07) is 28.0. The quantitative estimate of drug-likeness (QED) is 0.496. The second kappa shape index (κ2) is 10.8. The molecule has 0 amide bonds. The van der Waals surface area contributed by atoms with E-state index in [1.807, 2.05) is 6.07 Å². The van der Waals surface area contributed by atoms with Gasteiger partial charge in [-0.1, -0.05) is 60.7 Å². The molecule has 158 valence electrons. The lowest BCUT2D eigenvalue weighted by molar-refractivity contribution is -0.693. The number of ether oxygens (including phenoxy) is 2. The molecular weight excluding hydrogens is 370 g/mol. The van der Waals surface area contributed by atoms with Gasteiger partial charge < -0.3 is 14.8 Å². The normalized spacial score (nSPS) is 13.1. The van der Waals surface area contributed by atoms with Crippen molar-refractivity contribution in [2.75, 3.05) is 13.7 Å². The largest absolute Gasteiger partial charge is 0.496 e. The minimum atomic E-state index is 0.176. The third-order valence-electron chi connectivity index (χ3n) is 5.47. The summed E-state index contributed by atoms with van der Waals surface area (Å²) in [5, 5.41) is 2.42. The molecule has 2 atom stereocenters. The van der Waals surface area contributed by atoms with Gasteiger partial charge in [-0.05, 0) is 44.5 Å². The number of benzene rings is 3. The average Bonchev–Trinajstić information content (AvgIpc) is 2.77. The fourth-order valence-electron chi connectivity index (χ4n) is 3.91. The number of rotatable bonds is 10.